The van der Waals surface area contributed by atoms with Gasteiger partial charge in [0.25, 0.3) is 0 Å². The third kappa shape index (κ3) is 3.94. The van der Waals surface area contributed by atoms with Crippen LogP contribution in [0, 0.1) is 34.3 Å². The molecule has 0 radical (unpaired) electrons. The first-order valence-corrected chi connectivity index (χ1v) is 11.8. The monoisotopic (exact) mass is 453 g/mol. The van der Waals surface area contributed by atoms with Crippen LogP contribution in [0.1, 0.15) is 22.3 Å². The van der Waals surface area contributed by atoms with E-state index in [9.17, 15) is 0 Å². The van der Waals surface area contributed by atoms with Gasteiger partial charge in [-0.3, -0.25) is 4.57 Å². The first kappa shape index (κ1) is 22.4. The number of aromatic nitrogens is 2. The summed E-state index contributed by atoms with van der Waals surface area (Å²) in [6.45, 7) is 16.2. The maximum atomic E-state index is 7.47. The highest BCUT2D eigenvalue weighted by Gasteiger charge is 2.21. The molecule has 0 atom stereocenters. The standard InChI is InChI=1S/C32H27N3/c1-21-10-6-11-22(2)29(21)27-16-9-17-28(30-23(3)12-7-13-24(30)4)31(27)35-19-18-34-32(35)25-14-8-15-26(20-25)33-5/h6-20H,1-4H3. The summed E-state index contributed by atoms with van der Waals surface area (Å²) < 4.78 is 2.19. The maximum absolute atomic E-state index is 7.47. The molecule has 5 aromatic rings. The molecule has 0 unspecified atom stereocenters. The van der Waals surface area contributed by atoms with Crippen molar-refractivity contribution in [2.24, 2.45) is 0 Å². The summed E-state index contributed by atoms with van der Waals surface area (Å²) in [5, 5.41) is 0. The highest BCUT2D eigenvalue weighted by molar-refractivity contribution is 5.90. The highest BCUT2D eigenvalue weighted by Crippen LogP contribution is 2.41. The van der Waals surface area contributed by atoms with E-state index in [0.29, 0.717) is 5.69 Å². The molecule has 1 heterocycles. The Bertz CT molecular complexity index is 1490. The molecular weight excluding hydrogens is 426 g/mol. The molecule has 1 aromatic heterocycles. The molecule has 35 heavy (non-hydrogen) atoms. The Hall–Kier alpha value is -4.42. The third-order valence-electron chi connectivity index (χ3n) is 6.65. The zero-order chi connectivity index (χ0) is 24.5. The SMILES string of the molecule is [C-]#[N+]c1cccc(-c2nccn2-c2c(-c3c(C)cccc3C)cccc2-c2c(C)cccc2C)c1. The van der Waals surface area contributed by atoms with Crippen molar-refractivity contribution >= 4 is 5.69 Å². The van der Waals surface area contributed by atoms with Gasteiger partial charge in [0.15, 0.2) is 5.69 Å². The summed E-state index contributed by atoms with van der Waals surface area (Å²) in [5.41, 5.74) is 12.4. The Morgan fingerprint density at radius 2 is 1.20 bits per heavy atom. The quantitative estimate of drug-likeness (QED) is 0.250. The van der Waals surface area contributed by atoms with Gasteiger partial charge in [0.2, 0.25) is 0 Å². The molecule has 0 spiro atoms. The summed E-state index contributed by atoms with van der Waals surface area (Å²) >= 11 is 0. The van der Waals surface area contributed by atoms with E-state index in [0.717, 1.165) is 17.1 Å². The molecule has 3 nitrogen and oxygen atoms in total. The van der Waals surface area contributed by atoms with Crippen molar-refractivity contribution in [3.63, 3.8) is 0 Å². The van der Waals surface area contributed by atoms with Crippen molar-refractivity contribution < 1.29 is 0 Å². The first-order chi connectivity index (χ1) is 17.0. The third-order valence-corrected chi connectivity index (χ3v) is 6.65. The van der Waals surface area contributed by atoms with Gasteiger partial charge in [-0.1, -0.05) is 72.8 Å². The van der Waals surface area contributed by atoms with Crippen LogP contribution in [0.2, 0.25) is 0 Å². The zero-order valence-electron chi connectivity index (χ0n) is 20.5. The van der Waals surface area contributed by atoms with Gasteiger partial charge in [-0.05, 0) is 67.1 Å². The van der Waals surface area contributed by atoms with Gasteiger partial charge < -0.3 is 0 Å². The van der Waals surface area contributed by atoms with Crippen molar-refractivity contribution in [1.82, 2.24) is 9.55 Å². The molecule has 0 N–H and O–H groups in total. The maximum Gasteiger partial charge on any atom is 0.187 e. The summed E-state index contributed by atoms with van der Waals surface area (Å²) in [6, 6.07) is 27.2. The first-order valence-electron chi connectivity index (χ1n) is 11.8. The normalized spacial score (nSPS) is 10.8. The fourth-order valence-electron chi connectivity index (χ4n) is 5.10. The molecule has 170 valence electrons. The fourth-order valence-corrected chi connectivity index (χ4v) is 5.10. The largest absolute Gasteiger partial charge is 0.299 e. The van der Waals surface area contributed by atoms with E-state index in [2.05, 4.69) is 91.7 Å². The number of hydrogen-bond acceptors (Lipinski definition) is 1. The van der Waals surface area contributed by atoms with E-state index in [1.807, 2.05) is 36.7 Å². The van der Waals surface area contributed by atoms with Crippen LogP contribution in [0.4, 0.5) is 5.69 Å². The second-order valence-electron chi connectivity index (χ2n) is 9.02. The summed E-state index contributed by atoms with van der Waals surface area (Å²) in [6.07, 6.45) is 3.87. The number of rotatable bonds is 4. The van der Waals surface area contributed by atoms with Crippen LogP contribution in [0.25, 0.3) is 44.2 Å². The Morgan fingerprint density at radius 1 is 0.686 bits per heavy atom. The molecule has 0 saturated carbocycles. The lowest BCUT2D eigenvalue weighted by molar-refractivity contribution is 1.07. The molecule has 5 rings (SSSR count). The second kappa shape index (κ2) is 9.08. The van der Waals surface area contributed by atoms with Gasteiger partial charge in [-0.15, -0.1) is 0 Å². The van der Waals surface area contributed by atoms with Crippen molar-refractivity contribution in [3.05, 3.63) is 125 Å². The zero-order valence-corrected chi connectivity index (χ0v) is 20.5. The number of nitrogens with zero attached hydrogens (tertiary/aromatic N) is 3. The summed E-state index contributed by atoms with van der Waals surface area (Å²) in [5.74, 6) is 0.821. The molecule has 0 aliphatic heterocycles. The minimum Gasteiger partial charge on any atom is -0.299 e. The number of hydrogen-bond donors (Lipinski definition) is 0. The smallest absolute Gasteiger partial charge is 0.187 e. The van der Waals surface area contributed by atoms with Crippen LogP contribution in [0.15, 0.2) is 91.3 Å². The molecule has 0 bridgehead atoms. The van der Waals surface area contributed by atoms with Crippen LogP contribution in [0.3, 0.4) is 0 Å². The van der Waals surface area contributed by atoms with Gasteiger partial charge in [0.1, 0.15) is 5.82 Å². The van der Waals surface area contributed by atoms with Crippen LogP contribution < -0.4 is 0 Å². The Balaban J connectivity index is 1.89. The second-order valence-corrected chi connectivity index (χ2v) is 9.02. The summed E-state index contributed by atoms with van der Waals surface area (Å²) in [7, 11) is 0. The molecule has 0 aliphatic carbocycles. The van der Waals surface area contributed by atoms with Gasteiger partial charge >= 0.3 is 0 Å². The van der Waals surface area contributed by atoms with Gasteiger partial charge in [0, 0.05) is 29.1 Å². The fraction of sp³-hybridized carbons (Fsp3) is 0.125. The lowest BCUT2D eigenvalue weighted by atomic mass is 9.88. The van der Waals surface area contributed by atoms with Crippen LogP contribution in [0.5, 0.6) is 0 Å². The molecular formula is C32H27N3. The molecule has 0 amide bonds. The average molecular weight is 454 g/mol. The molecule has 4 aromatic carbocycles. The van der Waals surface area contributed by atoms with Crippen LogP contribution >= 0.6 is 0 Å². The van der Waals surface area contributed by atoms with Crippen molar-refractivity contribution in [3.8, 4) is 39.3 Å². The topological polar surface area (TPSA) is 22.2 Å². The summed E-state index contributed by atoms with van der Waals surface area (Å²) in [4.78, 5) is 8.39. The highest BCUT2D eigenvalue weighted by atomic mass is 15.1. The van der Waals surface area contributed by atoms with Crippen LogP contribution in [-0.4, -0.2) is 9.55 Å². The Labute approximate surface area is 207 Å². The van der Waals surface area contributed by atoms with E-state index in [-0.39, 0.29) is 0 Å². The average Bonchev–Trinajstić information content (AvgIpc) is 3.34. The molecule has 0 aliphatic rings. The Morgan fingerprint density at radius 3 is 1.74 bits per heavy atom. The number of aryl methyl sites for hydroxylation is 4. The lowest BCUT2D eigenvalue weighted by Gasteiger charge is -2.22. The molecule has 0 fully saturated rings. The predicted molar refractivity (Wildman–Crippen MR) is 145 cm³/mol. The van der Waals surface area contributed by atoms with Crippen molar-refractivity contribution in [2.75, 3.05) is 0 Å². The van der Waals surface area contributed by atoms with Crippen molar-refractivity contribution in [2.45, 2.75) is 27.7 Å². The number of para-hydroxylation sites is 1. The van der Waals surface area contributed by atoms with E-state index in [4.69, 9.17) is 11.6 Å². The number of benzene rings is 4. The van der Waals surface area contributed by atoms with E-state index >= 15 is 0 Å². The van der Waals surface area contributed by atoms with Crippen LogP contribution in [-0.2, 0) is 0 Å². The molecule has 0 saturated heterocycles. The molecule has 3 heteroatoms. The van der Waals surface area contributed by atoms with E-state index in [1.165, 1.54) is 44.5 Å². The lowest BCUT2D eigenvalue weighted by Crippen LogP contribution is -2.04. The van der Waals surface area contributed by atoms with Gasteiger partial charge in [0.05, 0.1) is 12.3 Å². The van der Waals surface area contributed by atoms with Gasteiger partial charge in [-0.2, -0.15) is 0 Å². The predicted octanol–water partition coefficient (Wildman–Crippen LogP) is 8.66. The van der Waals surface area contributed by atoms with E-state index in [1.54, 1.807) is 0 Å². The van der Waals surface area contributed by atoms with E-state index < -0.39 is 0 Å². The van der Waals surface area contributed by atoms with Crippen molar-refractivity contribution in [1.29, 1.82) is 0 Å². The minimum absolute atomic E-state index is 0.607. The minimum atomic E-state index is 0.607. The van der Waals surface area contributed by atoms with Gasteiger partial charge in [-0.25, -0.2) is 9.83 Å². The number of imidazole rings is 1. The Kier molecular flexibility index (Phi) is 5.81.